The highest BCUT2D eigenvalue weighted by molar-refractivity contribution is 5.48. The Morgan fingerprint density at radius 1 is 1.37 bits per heavy atom. The molecule has 0 radical (unpaired) electrons. The van der Waals surface area contributed by atoms with E-state index in [1.165, 1.54) is 12.3 Å². The highest BCUT2D eigenvalue weighted by Crippen LogP contribution is 2.19. The molecule has 0 aliphatic carbocycles. The molecule has 1 aromatic carbocycles. The quantitative estimate of drug-likeness (QED) is 0.905. The summed E-state index contributed by atoms with van der Waals surface area (Å²) < 4.78 is 10.7. The summed E-state index contributed by atoms with van der Waals surface area (Å²) in [6.45, 7) is 0.308. The number of pyridine rings is 1. The fraction of sp³-hybridized carbons (Fsp3) is 0.143. The van der Waals surface area contributed by atoms with Gasteiger partial charge in [-0.15, -0.1) is 0 Å². The molecule has 0 aliphatic rings. The van der Waals surface area contributed by atoms with Crippen molar-refractivity contribution >= 4 is 5.69 Å². The van der Waals surface area contributed by atoms with Gasteiger partial charge in [0.05, 0.1) is 19.0 Å². The zero-order valence-corrected chi connectivity index (χ0v) is 10.5. The second kappa shape index (κ2) is 5.74. The standard InChI is InChI=1S/C14H13N3O2/c1-18-13-4-2-3-10(5-13)9-19-14-11(7-15)6-12(16)8-17-14/h2-6,8H,9,16H2,1H3. The van der Waals surface area contributed by atoms with Crippen LogP contribution in [0, 0.1) is 11.3 Å². The lowest BCUT2D eigenvalue weighted by molar-refractivity contribution is 0.292. The molecule has 0 amide bonds. The van der Waals surface area contributed by atoms with Crippen LogP contribution in [0.3, 0.4) is 0 Å². The van der Waals surface area contributed by atoms with Gasteiger partial charge in [0.15, 0.2) is 0 Å². The normalized spacial score (nSPS) is 9.68. The van der Waals surface area contributed by atoms with Crippen LogP contribution in [0.5, 0.6) is 11.6 Å². The first-order chi connectivity index (χ1) is 9.22. The van der Waals surface area contributed by atoms with Gasteiger partial charge < -0.3 is 15.2 Å². The summed E-state index contributed by atoms with van der Waals surface area (Å²) in [7, 11) is 1.61. The molecule has 2 N–H and O–H groups in total. The molecule has 0 saturated heterocycles. The molecular formula is C14H13N3O2. The van der Waals surface area contributed by atoms with Crippen molar-refractivity contribution in [2.45, 2.75) is 6.61 Å². The first-order valence-corrected chi connectivity index (χ1v) is 5.64. The van der Waals surface area contributed by atoms with Crippen molar-refractivity contribution in [2.24, 2.45) is 0 Å². The molecule has 0 atom stereocenters. The maximum absolute atomic E-state index is 8.98. The van der Waals surface area contributed by atoms with Crippen LogP contribution in [-0.4, -0.2) is 12.1 Å². The van der Waals surface area contributed by atoms with E-state index in [-0.39, 0.29) is 5.88 Å². The van der Waals surface area contributed by atoms with Crippen LogP contribution >= 0.6 is 0 Å². The summed E-state index contributed by atoms with van der Waals surface area (Å²) >= 11 is 0. The fourth-order valence-electron chi connectivity index (χ4n) is 1.58. The van der Waals surface area contributed by atoms with E-state index in [2.05, 4.69) is 4.98 Å². The van der Waals surface area contributed by atoms with Gasteiger partial charge >= 0.3 is 0 Å². The number of nitrogens with two attached hydrogens (primary N) is 1. The number of rotatable bonds is 4. The molecule has 0 bridgehead atoms. The van der Waals surface area contributed by atoms with Gasteiger partial charge in [0.1, 0.15) is 24.0 Å². The van der Waals surface area contributed by atoms with Gasteiger partial charge in [0.25, 0.3) is 0 Å². The van der Waals surface area contributed by atoms with Crippen molar-refractivity contribution in [1.82, 2.24) is 4.98 Å². The summed E-state index contributed by atoms with van der Waals surface area (Å²) in [5, 5.41) is 8.98. The van der Waals surface area contributed by atoms with Gasteiger partial charge in [-0.05, 0) is 23.8 Å². The molecule has 1 heterocycles. The van der Waals surface area contributed by atoms with Gasteiger partial charge in [0, 0.05) is 0 Å². The molecule has 96 valence electrons. The summed E-state index contributed by atoms with van der Waals surface area (Å²) in [4.78, 5) is 4.01. The molecule has 0 saturated carbocycles. The summed E-state index contributed by atoms with van der Waals surface area (Å²) in [6, 6.07) is 11.0. The summed E-state index contributed by atoms with van der Waals surface area (Å²) in [5.41, 5.74) is 7.25. The van der Waals surface area contributed by atoms with Crippen molar-refractivity contribution in [3.63, 3.8) is 0 Å². The van der Waals surface area contributed by atoms with Crippen LogP contribution in [0.2, 0.25) is 0 Å². The average Bonchev–Trinajstić information content (AvgIpc) is 2.46. The first kappa shape index (κ1) is 12.7. The Balaban J connectivity index is 2.12. The van der Waals surface area contributed by atoms with Crippen molar-refractivity contribution in [3.05, 3.63) is 47.7 Å². The molecule has 0 unspecified atom stereocenters. The molecule has 0 aliphatic heterocycles. The molecule has 2 rings (SSSR count). The topological polar surface area (TPSA) is 81.2 Å². The number of aromatic nitrogens is 1. The van der Waals surface area contributed by atoms with Crippen LogP contribution in [0.15, 0.2) is 36.5 Å². The van der Waals surface area contributed by atoms with Crippen molar-refractivity contribution < 1.29 is 9.47 Å². The highest BCUT2D eigenvalue weighted by atomic mass is 16.5. The number of nitrogen functional groups attached to an aromatic ring is 1. The van der Waals surface area contributed by atoms with Gasteiger partial charge in [-0.25, -0.2) is 4.98 Å². The van der Waals surface area contributed by atoms with E-state index >= 15 is 0 Å². The van der Waals surface area contributed by atoms with Crippen LogP contribution in [0.1, 0.15) is 11.1 Å². The Bertz CT molecular complexity index is 620. The van der Waals surface area contributed by atoms with E-state index in [0.717, 1.165) is 11.3 Å². The fourth-order valence-corrected chi connectivity index (χ4v) is 1.58. The van der Waals surface area contributed by atoms with Crippen LogP contribution < -0.4 is 15.2 Å². The van der Waals surface area contributed by atoms with Crippen LogP contribution in [0.4, 0.5) is 5.69 Å². The Hall–Kier alpha value is -2.74. The molecular weight excluding hydrogens is 242 g/mol. The van der Waals surface area contributed by atoms with Crippen molar-refractivity contribution in [3.8, 4) is 17.7 Å². The number of nitrogens with zero attached hydrogens (tertiary/aromatic N) is 2. The Morgan fingerprint density at radius 3 is 2.95 bits per heavy atom. The lowest BCUT2D eigenvalue weighted by Gasteiger charge is -2.08. The lowest BCUT2D eigenvalue weighted by Crippen LogP contribution is -2.00. The third-order valence-electron chi connectivity index (χ3n) is 2.50. The average molecular weight is 255 g/mol. The second-order valence-corrected chi connectivity index (χ2v) is 3.87. The molecule has 0 spiro atoms. The van der Waals surface area contributed by atoms with Crippen molar-refractivity contribution in [1.29, 1.82) is 5.26 Å². The predicted octanol–water partition coefficient (Wildman–Crippen LogP) is 2.12. The van der Waals surface area contributed by atoms with Gasteiger partial charge in [0.2, 0.25) is 5.88 Å². The second-order valence-electron chi connectivity index (χ2n) is 3.87. The monoisotopic (exact) mass is 255 g/mol. The van der Waals surface area contributed by atoms with Gasteiger partial charge in [-0.3, -0.25) is 0 Å². The molecule has 2 aromatic rings. The Morgan fingerprint density at radius 2 is 2.21 bits per heavy atom. The minimum absolute atomic E-state index is 0.277. The number of nitriles is 1. The lowest BCUT2D eigenvalue weighted by atomic mass is 10.2. The highest BCUT2D eigenvalue weighted by Gasteiger charge is 2.06. The SMILES string of the molecule is COc1cccc(COc2ncc(N)cc2C#N)c1. The van der Waals surface area contributed by atoms with E-state index in [0.29, 0.717) is 17.9 Å². The number of methoxy groups -OCH3 is 1. The zero-order chi connectivity index (χ0) is 13.7. The maximum atomic E-state index is 8.98. The number of anilines is 1. The molecule has 5 nitrogen and oxygen atoms in total. The maximum Gasteiger partial charge on any atom is 0.232 e. The number of hydrogen-bond donors (Lipinski definition) is 1. The van der Waals surface area contributed by atoms with E-state index in [4.69, 9.17) is 20.5 Å². The number of hydrogen-bond acceptors (Lipinski definition) is 5. The summed E-state index contributed by atoms with van der Waals surface area (Å²) in [6.07, 6.45) is 1.46. The smallest absolute Gasteiger partial charge is 0.232 e. The van der Waals surface area contributed by atoms with Crippen LogP contribution in [0.25, 0.3) is 0 Å². The largest absolute Gasteiger partial charge is 0.497 e. The zero-order valence-electron chi connectivity index (χ0n) is 10.5. The first-order valence-electron chi connectivity index (χ1n) is 5.64. The van der Waals surface area contributed by atoms with Gasteiger partial charge in [-0.2, -0.15) is 5.26 Å². The minimum atomic E-state index is 0.277. The van der Waals surface area contributed by atoms with Crippen molar-refractivity contribution in [2.75, 3.05) is 12.8 Å². The van der Waals surface area contributed by atoms with Gasteiger partial charge in [-0.1, -0.05) is 12.1 Å². The van der Waals surface area contributed by atoms with E-state index in [1.54, 1.807) is 7.11 Å². The summed E-state index contributed by atoms with van der Waals surface area (Å²) in [5.74, 6) is 1.03. The number of ether oxygens (including phenoxy) is 2. The van der Waals surface area contributed by atoms with Crippen LogP contribution in [-0.2, 0) is 6.61 Å². The molecule has 0 fully saturated rings. The Kier molecular flexibility index (Phi) is 3.84. The van der Waals surface area contributed by atoms with E-state index in [9.17, 15) is 0 Å². The van der Waals surface area contributed by atoms with E-state index < -0.39 is 0 Å². The minimum Gasteiger partial charge on any atom is -0.497 e. The molecule has 1 aromatic heterocycles. The number of benzene rings is 1. The molecule has 5 heteroatoms. The predicted molar refractivity (Wildman–Crippen MR) is 70.7 cm³/mol. The third-order valence-corrected chi connectivity index (χ3v) is 2.50. The van der Waals surface area contributed by atoms with E-state index in [1.807, 2.05) is 30.3 Å². The molecule has 19 heavy (non-hydrogen) atoms. The third kappa shape index (κ3) is 3.13. The Labute approximate surface area is 111 Å².